The van der Waals surface area contributed by atoms with E-state index in [2.05, 4.69) is 31.1 Å². The van der Waals surface area contributed by atoms with E-state index in [9.17, 15) is 0 Å². The summed E-state index contributed by atoms with van der Waals surface area (Å²) in [5.41, 5.74) is 0.332. The van der Waals surface area contributed by atoms with Crippen LogP contribution in [-0.4, -0.2) is 23.0 Å². The van der Waals surface area contributed by atoms with Crippen LogP contribution < -0.4 is 5.32 Å². The zero-order chi connectivity index (χ0) is 9.03. The molecule has 1 aliphatic heterocycles. The Morgan fingerprint density at radius 3 is 2.50 bits per heavy atom. The van der Waals surface area contributed by atoms with E-state index in [4.69, 9.17) is 0 Å². The summed E-state index contributed by atoms with van der Waals surface area (Å²) in [6.07, 6.45) is 2.39. The molecular formula is C9H18N2S. The lowest BCUT2D eigenvalue weighted by Crippen LogP contribution is -2.42. The van der Waals surface area contributed by atoms with Crippen molar-refractivity contribution < 1.29 is 0 Å². The lowest BCUT2D eigenvalue weighted by Gasteiger charge is -2.25. The number of hydrogen-bond donors (Lipinski definition) is 1. The first kappa shape index (κ1) is 9.90. The summed E-state index contributed by atoms with van der Waals surface area (Å²) in [5.74, 6) is 1.18. The maximum Gasteiger partial charge on any atom is 0.157 e. The van der Waals surface area contributed by atoms with E-state index in [0.29, 0.717) is 5.54 Å². The Labute approximate surface area is 79.2 Å². The van der Waals surface area contributed by atoms with E-state index in [1.54, 1.807) is 0 Å². The average molecular weight is 186 g/mol. The van der Waals surface area contributed by atoms with Gasteiger partial charge < -0.3 is 5.32 Å². The summed E-state index contributed by atoms with van der Waals surface area (Å²) in [6.45, 7) is 7.45. The topological polar surface area (TPSA) is 24.4 Å². The molecule has 0 aromatic rings. The molecule has 0 aromatic carbocycles. The quantitative estimate of drug-likeness (QED) is 0.731. The molecule has 70 valence electrons. The van der Waals surface area contributed by atoms with Gasteiger partial charge in [0.15, 0.2) is 5.17 Å². The minimum absolute atomic E-state index is 0.332. The first-order valence-electron chi connectivity index (χ1n) is 4.71. The summed E-state index contributed by atoms with van der Waals surface area (Å²) < 4.78 is 0. The molecule has 0 saturated carbocycles. The predicted octanol–water partition coefficient (Wildman–Crippen LogP) is 2.26. The number of aliphatic imine (C=N–C) groups is 1. The highest BCUT2D eigenvalue weighted by molar-refractivity contribution is 8.14. The van der Waals surface area contributed by atoms with Gasteiger partial charge in [-0.25, -0.2) is 0 Å². The molecule has 0 atom stereocenters. The summed E-state index contributed by atoms with van der Waals surface area (Å²) in [4.78, 5) is 4.38. The van der Waals surface area contributed by atoms with Crippen LogP contribution in [0.15, 0.2) is 4.99 Å². The fourth-order valence-corrected chi connectivity index (χ4v) is 2.77. The molecule has 2 nitrogen and oxygen atoms in total. The molecule has 1 fully saturated rings. The van der Waals surface area contributed by atoms with Crippen molar-refractivity contribution in [1.82, 2.24) is 5.32 Å². The second kappa shape index (κ2) is 4.17. The number of hydrogen-bond acceptors (Lipinski definition) is 2. The van der Waals surface area contributed by atoms with E-state index < -0.39 is 0 Å². The summed E-state index contributed by atoms with van der Waals surface area (Å²) in [6, 6.07) is 0. The zero-order valence-corrected chi connectivity index (χ0v) is 9.00. The summed E-state index contributed by atoms with van der Waals surface area (Å²) in [7, 11) is 0. The van der Waals surface area contributed by atoms with Crippen LogP contribution in [-0.2, 0) is 0 Å². The van der Waals surface area contributed by atoms with E-state index in [1.807, 2.05) is 11.8 Å². The van der Waals surface area contributed by atoms with E-state index in [1.165, 1.54) is 18.6 Å². The van der Waals surface area contributed by atoms with E-state index >= 15 is 0 Å². The number of thioether (sulfide) groups is 1. The molecule has 0 aromatic heterocycles. The number of nitrogens with zero attached hydrogens (tertiary/aromatic N) is 1. The lowest BCUT2D eigenvalue weighted by atomic mass is 9.96. The third-order valence-electron chi connectivity index (χ3n) is 2.51. The largest absolute Gasteiger partial charge is 0.359 e. The Hall–Kier alpha value is -0.180. The van der Waals surface area contributed by atoms with Gasteiger partial charge in [-0.1, -0.05) is 25.6 Å². The van der Waals surface area contributed by atoms with Crippen molar-refractivity contribution >= 4 is 16.9 Å². The lowest BCUT2D eigenvalue weighted by molar-refractivity contribution is 0.407. The number of amidine groups is 1. The molecule has 0 amide bonds. The highest BCUT2D eigenvalue weighted by Crippen LogP contribution is 2.28. The van der Waals surface area contributed by atoms with Gasteiger partial charge in [0, 0.05) is 17.8 Å². The fourth-order valence-electron chi connectivity index (χ4n) is 1.37. The van der Waals surface area contributed by atoms with Crippen LogP contribution in [0.5, 0.6) is 0 Å². The number of nitrogens with one attached hydrogen (secondary N) is 1. The highest BCUT2D eigenvalue weighted by atomic mass is 32.2. The maximum absolute atomic E-state index is 4.38. The SMILES string of the molecule is CCN=C1NC(CC)(CC)CS1. The predicted molar refractivity (Wildman–Crippen MR) is 56.9 cm³/mol. The Balaban J connectivity index is 2.58. The molecule has 1 heterocycles. The highest BCUT2D eigenvalue weighted by Gasteiger charge is 2.33. The first-order chi connectivity index (χ1) is 5.76. The molecule has 0 spiro atoms. The van der Waals surface area contributed by atoms with Gasteiger partial charge in [-0.15, -0.1) is 0 Å². The third-order valence-corrected chi connectivity index (χ3v) is 3.71. The molecule has 12 heavy (non-hydrogen) atoms. The molecule has 1 aliphatic rings. The molecule has 1 rings (SSSR count). The van der Waals surface area contributed by atoms with Crippen LogP contribution in [0.3, 0.4) is 0 Å². The second-order valence-electron chi connectivity index (χ2n) is 3.18. The van der Waals surface area contributed by atoms with Gasteiger partial charge in [0.1, 0.15) is 0 Å². The van der Waals surface area contributed by atoms with Crippen molar-refractivity contribution in [2.24, 2.45) is 4.99 Å². The van der Waals surface area contributed by atoms with Gasteiger partial charge in [0.05, 0.1) is 0 Å². The van der Waals surface area contributed by atoms with Crippen LogP contribution in [0.25, 0.3) is 0 Å². The molecule has 0 aliphatic carbocycles. The van der Waals surface area contributed by atoms with Crippen molar-refractivity contribution in [2.75, 3.05) is 12.3 Å². The summed E-state index contributed by atoms with van der Waals surface area (Å²) >= 11 is 1.86. The summed E-state index contributed by atoms with van der Waals surface area (Å²) in [5, 5.41) is 4.66. The van der Waals surface area contributed by atoms with Gasteiger partial charge in [0.2, 0.25) is 0 Å². The van der Waals surface area contributed by atoms with Crippen LogP contribution in [0.1, 0.15) is 33.6 Å². The van der Waals surface area contributed by atoms with E-state index in [0.717, 1.165) is 11.7 Å². The molecule has 1 saturated heterocycles. The normalized spacial score (nSPS) is 24.4. The Morgan fingerprint density at radius 1 is 1.42 bits per heavy atom. The zero-order valence-electron chi connectivity index (χ0n) is 8.18. The fraction of sp³-hybridized carbons (Fsp3) is 0.889. The monoisotopic (exact) mass is 186 g/mol. The molecule has 0 unspecified atom stereocenters. The number of rotatable bonds is 3. The van der Waals surface area contributed by atoms with Crippen molar-refractivity contribution in [3.05, 3.63) is 0 Å². The standard InChI is InChI=1S/C9H18N2S/c1-4-9(5-2)7-12-8(11-9)10-6-3/h4-7H2,1-3H3,(H,10,11). The smallest absolute Gasteiger partial charge is 0.157 e. The van der Waals surface area contributed by atoms with Gasteiger partial charge in [-0.05, 0) is 19.8 Å². The van der Waals surface area contributed by atoms with Crippen LogP contribution >= 0.6 is 11.8 Å². The Kier molecular flexibility index (Phi) is 3.44. The molecule has 0 radical (unpaired) electrons. The molecule has 0 bridgehead atoms. The van der Waals surface area contributed by atoms with Crippen molar-refractivity contribution in [3.8, 4) is 0 Å². The minimum atomic E-state index is 0.332. The molecule has 3 heteroatoms. The third kappa shape index (κ3) is 1.94. The van der Waals surface area contributed by atoms with Crippen LogP contribution in [0.2, 0.25) is 0 Å². The first-order valence-corrected chi connectivity index (χ1v) is 5.70. The van der Waals surface area contributed by atoms with Crippen LogP contribution in [0.4, 0.5) is 0 Å². The Bertz CT molecular complexity index is 173. The second-order valence-corrected chi connectivity index (χ2v) is 4.14. The van der Waals surface area contributed by atoms with Gasteiger partial charge in [-0.2, -0.15) is 0 Å². The van der Waals surface area contributed by atoms with Crippen molar-refractivity contribution in [3.63, 3.8) is 0 Å². The maximum atomic E-state index is 4.38. The van der Waals surface area contributed by atoms with Gasteiger partial charge in [0.25, 0.3) is 0 Å². The molecule has 1 N–H and O–H groups in total. The van der Waals surface area contributed by atoms with Crippen molar-refractivity contribution in [1.29, 1.82) is 0 Å². The average Bonchev–Trinajstić information content (AvgIpc) is 2.50. The van der Waals surface area contributed by atoms with Crippen molar-refractivity contribution in [2.45, 2.75) is 39.2 Å². The van der Waals surface area contributed by atoms with Gasteiger partial charge in [-0.3, -0.25) is 4.99 Å². The molecular weight excluding hydrogens is 168 g/mol. The van der Waals surface area contributed by atoms with E-state index in [-0.39, 0.29) is 0 Å². The Morgan fingerprint density at radius 2 is 2.08 bits per heavy atom. The minimum Gasteiger partial charge on any atom is -0.359 e. The van der Waals surface area contributed by atoms with Gasteiger partial charge >= 0.3 is 0 Å². The van der Waals surface area contributed by atoms with Crippen LogP contribution in [0, 0.1) is 0 Å².